The standard InChI is InChI=1S/C11H17N3O2/c1-9(2)14-8-13-7-10(14)11(6-12)16-5-3-4-15/h7-9,11,15H,3-5H2,1-2H3. The third-order valence-electron chi connectivity index (χ3n) is 2.23. The Kier molecular flexibility index (Phi) is 4.96. The third kappa shape index (κ3) is 3.05. The summed E-state index contributed by atoms with van der Waals surface area (Å²) in [5.74, 6) is 0. The molecule has 1 N–H and O–H groups in total. The monoisotopic (exact) mass is 223 g/mol. The fourth-order valence-electron chi connectivity index (χ4n) is 1.40. The number of aliphatic hydroxyl groups is 1. The van der Waals surface area contributed by atoms with Gasteiger partial charge in [-0.05, 0) is 20.3 Å². The molecule has 1 aromatic heterocycles. The van der Waals surface area contributed by atoms with Crippen molar-refractivity contribution in [3.05, 3.63) is 18.2 Å². The van der Waals surface area contributed by atoms with Crippen LogP contribution in [0.5, 0.6) is 0 Å². The van der Waals surface area contributed by atoms with Crippen LogP contribution in [0.4, 0.5) is 0 Å². The smallest absolute Gasteiger partial charge is 0.185 e. The molecule has 5 nitrogen and oxygen atoms in total. The first-order valence-corrected chi connectivity index (χ1v) is 5.34. The maximum Gasteiger partial charge on any atom is 0.185 e. The summed E-state index contributed by atoms with van der Waals surface area (Å²) in [5, 5.41) is 17.7. The summed E-state index contributed by atoms with van der Waals surface area (Å²) in [5.41, 5.74) is 0.760. The molecule has 0 aliphatic carbocycles. The number of aliphatic hydroxyl groups excluding tert-OH is 1. The zero-order valence-corrected chi connectivity index (χ0v) is 9.63. The average Bonchev–Trinajstić information content (AvgIpc) is 2.73. The number of rotatable bonds is 6. The van der Waals surface area contributed by atoms with Gasteiger partial charge in [0.25, 0.3) is 0 Å². The van der Waals surface area contributed by atoms with Gasteiger partial charge in [0.05, 0.1) is 24.8 Å². The van der Waals surface area contributed by atoms with E-state index in [0.29, 0.717) is 13.0 Å². The fraction of sp³-hybridized carbons (Fsp3) is 0.636. The van der Waals surface area contributed by atoms with E-state index >= 15 is 0 Å². The van der Waals surface area contributed by atoms with Crippen molar-refractivity contribution in [2.45, 2.75) is 32.4 Å². The lowest BCUT2D eigenvalue weighted by Gasteiger charge is -2.15. The molecule has 16 heavy (non-hydrogen) atoms. The molecule has 1 unspecified atom stereocenters. The first-order chi connectivity index (χ1) is 7.70. The van der Waals surface area contributed by atoms with E-state index in [9.17, 15) is 0 Å². The second kappa shape index (κ2) is 6.26. The largest absolute Gasteiger partial charge is 0.396 e. The van der Waals surface area contributed by atoms with Gasteiger partial charge in [0, 0.05) is 12.6 Å². The van der Waals surface area contributed by atoms with Crippen LogP contribution in [0, 0.1) is 11.3 Å². The second-order valence-corrected chi connectivity index (χ2v) is 3.78. The van der Waals surface area contributed by atoms with Crippen molar-refractivity contribution >= 4 is 0 Å². The van der Waals surface area contributed by atoms with Crippen molar-refractivity contribution in [2.75, 3.05) is 13.2 Å². The number of hydrogen-bond acceptors (Lipinski definition) is 4. The molecule has 0 saturated heterocycles. The number of nitriles is 1. The van der Waals surface area contributed by atoms with Gasteiger partial charge < -0.3 is 14.4 Å². The fourth-order valence-corrected chi connectivity index (χ4v) is 1.40. The third-order valence-corrected chi connectivity index (χ3v) is 2.23. The van der Waals surface area contributed by atoms with E-state index in [2.05, 4.69) is 11.1 Å². The Balaban J connectivity index is 2.72. The lowest BCUT2D eigenvalue weighted by Crippen LogP contribution is -2.11. The summed E-state index contributed by atoms with van der Waals surface area (Å²) in [6.07, 6.45) is 3.26. The molecule has 0 aliphatic heterocycles. The molecule has 1 atom stereocenters. The molecule has 1 rings (SSSR count). The summed E-state index contributed by atoms with van der Waals surface area (Å²) in [6, 6.07) is 2.34. The van der Waals surface area contributed by atoms with Crippen LogP contribution >= 0.6 is 0 Å². The number of nitrogens with zero attached hydrogens (tertiary/aromatic N) is 3. The van der Waals surface area contributed by atoms with Crippen molar-refractivity contribution in [1.82, 2.24) is 9.55 Å². The lowest BCUT2D eigenvalue weighted by atomic mass is 10.2. The van der Waals surface area contributed by atoms with Crippen LogP contribution < -0.4 is 0 Å². The topological polar surface area (TPSA) is 71.1 Å². The maximum absolute atomic E-state index is 9.02. The normalized spacial score (nSPS) is 12.7. The summed E-state index contributed by atoms with van der Waals surface area (Å²) in [6.45, 7) is 4.49. The average molecular weight is 223 g/mol. The molecular formula is C11H17N3O2. The van der Waals surface area contributed by atoms with Crippen LogP contribution in [-0.2, 0) is 4.74 Å². The predicted molar refractivity (Wildman–Crippen MR) is 58.6 cm³/mol. The molecule has 0 saturated carbocycles. The van der Waals surface area contributed by atoms with Crippen molar-refractivity contribution < 1.29 is 9.84 Å². The molecule has 0 amide bonds. The Bertz CT molecular complexity index is 354. The number of imidazole rings is 1. The number of hydrogen-bond donors (Lipinski definition) is 1. The van der Waals surface area contributed by atoms with Gasteiger partial charge in [-0.3, -0.25) is 0 Å². The Labute approximate surface area is 95.3 Å². The van der Waals surface area contributed by atoms with E-state index in [1.54, 1.807) is 12.5 Å². The molecule has 0 aromatic carbocycles. The molecule has 1 aromatic rings. The summed E-state index contributed by atoms with van der Waals surface area (Å²) in [4.78, 5) is 4.02. The zero-order chi connectivity index (χ0) is 12.0. The van der Waals surface area contributed by atoms with Crippen molar-refractivity contribution in [3.63, 3.8) is 0 Å². The van der Waals surface area contributed by atoms with Crippen molar-refractivity contribution in [2.24, 2.45) is 0 Å². The SMILES string of the molecule is CC(C)n1cncc1C(C#N)OCCCO. The quantitative estimate of drug-likeness (QED) is 0.740. The Hall–Kier alpha value is -1.38. The van der Waals surface area contributed by atoms with Gasteiger partial charge >= 0.3 is 0 Å². The van der Waals surface area contributed by atoms with Crippen LogP contribution in [-0.4, -0.2) is 27.9 Å². The highest BCUT2D eigenvalue weighted by molar-refractivity contribution is 5.11. The molecule has 5 heteroatoms. The molecule has 0 radical (unpaired) electrons. The summed E-state index contributed by atoms with van der Waals surface area (Å²) >= 11 is 0. The van der Waals surface area contributed by atoms with E-state index in [0.717, 1.165) is 5.69 Å². The van der Waals surface area contributed by atoms with E-state index < -0.39 is 6.10 Å². The van der Waals surface area contributed by atoms with Gasteiger partial charge in [0.2, 0.25) is 0 Å². The molecule has 0 aliphatic rings. The zero-order valence-electron chi connectivity index (χ0n) is 9.63. The van der Waals surface area contributed by atoms with Gasteiger partial charge in [-0.25, -0.2) is 4.98 Å². The van der Waals surface area contributed by atoms with Crippen LogP contribution in [0.3, 0.4) is 0 Å². The Morgan fingerprint density at radius 2 is 2.38 bits per heavy atom. The highest BCUT2D eigenvalue weighted by atomic mass is 16.5. The second-order valence-electron chi connectivity index (χ2n) is 3.78. The predicted octanol–water partition coefficient (Wildman–Crippen LogP) is 1.43. The van der Waals surface area contributed by atoms with E-state index in [-0.39, 0.29) is 12.6 Å². The molecular weight excluding hydrogens is 206 g/mol. The van der Waals surface area contributed by atoms with Gasteiger partial charge in [-0.2, -0.15) is 5.26 Å². The molecule has 0 fully saturated rings. The highest BCUT2D eigenvalue weighted by Crippen LogP contribution is 2.19. The molecule has 0 bridgehead atoms. The van der Waals surface area contributed by atoms with Crippen LogP contribution in [0.2, 0.25) is 0 Å². The van der Waals surface area contributed by atoms with Gasteiger partial charge in [0.15, 0.2) is 6.10 Å². The first kappa shape index (κ1) is 12.7. The van der Waals surface area contributed by atoms with Crippen LogP contribution in [0.15, 0.2) is 12.5 Å². The lowest BCUT2D eigenvalue weighted by molar-refractivity contribution is 0.0722. The van der Waals surface area contributed by atoms with E-state index in [4.69, 9.17) is 15.1 Å². The first-order valence-electron chi connectivity index (χ1n) is 5.34. The van der Waals surface area contributed by atoms with E-state index in [1.807, 2.05) is 18.4 Å². The van der Waals surface area contributed by atoms with Crippen molar-refractivity contribution in [3.8, 4) is 6.07 Å². The van der Waals surface area contributed by atoms with Crippen LogP contribution in [0.25, 0.3) is 0 Å². The van der Waals surface area contributed by atoms with Crippen molar-refractivity contribution in [1.29, 1.82) is 5.26 Å². The molecule has 88 valence electrons. The Morgan fingerprint density at radius 3 is 2.94 bits per heavy atom. The summed E-state index contributed by atoms with van der Waals surface area (Å²) in [7, 11) is 0. The minimum Gasteiger partial charge on any atom is -0.396 e. The van der Waals surface area contributed by atoms with Gasteiger partial charge in [0.1, 0.15) is 6.07 Å². The maximum atomic E-state index is 9.02. The summed E-state index contributed by atoms with van der Waals surface area (Å²) < 4.78 is 7.29. The van der Waals surface area contributed by atoms with Gasteiger partial charge in [-0.15, -0.1) is 0 Å². The van der Waals surface area contributed by atoms with Crippen LogP contribution in [0.1, 0.15) is 38.1 Å². The minimum absolute atomic E-state index is 0.0710. The molecule has 0 spiro atoms. The highest BCUT2D eigenvalue weighted by Gasteiger charge is 2.17. The number of ether oxygens (including phenoxy) is 1. The minimum atomic E-state index is -0.614. The number of aromatic nitrogens is 2. The Morgan fingerprint density at radius 1 is 1.62 bits per heavy atom. The van der Waals surface area contributed by atoms with E-state index in [1.165, 1.54) is 0 Å². The van der Waals surface area contributed by atoms with Gasteiger partial charge in [-0.1, -0.05) is 0 Å². The molecule has 1 heterocycles.